The van der Waals surface area contributed by atoms with Gasteiger partial charge in [-0.1, -0.05) is 182 Å². The molecule has 0 aliphatic heterocycles. The molecule has 0 aliphatic rings. The van der Waals surface area contributed by atoms with E-state index < -0.39 is 0 Å². The molecule has 0 spiro atoms. The molecule has 53 heavy (non-hydrogen) atoms. The maximum Gasteiger partial charge on any atom is 0.0540 e. The smallest absolute Gasteiger partial charge is 0.0540 e. The molecule has 0 radical (unpaired) electrons. The van der Waals surface area contributed by atoms with Crippen LogP contribution in [-0.4, -0.2) is 0 Å². The third-order valence-corrected chi connectivity index (χ3v) is 10.1. The first kappa shape index (κ1) is 32.0. The summed E-state index contributed by atoms with van der Waals surface area (Å²) in [5.74, 6) is 0. The van der Waals surface area contributed by atoms with E-state index >= 15 is 0 Å². The first-order chi connectivity index (χ1) is 26.3. The van der Waals surface area contributed by atoms with Gasteiger partial charge in [0, 0.05) is 16.9 Å². The van der Waals surface area contributed by atoms with Gasteiger partial charge in [0.15, 0.2) is 0 Å². The largest absolute Gasteiger partial charge is 0.310 e. The van der Waals surface area contributed by atoms with E-state index in [1.54, 1.807) is 0 Å². The van der Waals surface area contributed by atoms with E-state index in [9.17, 15) is 0 Å². The van der Waals surface area contributed by atoms with Crippen LogP contribution >= 0.6 is 0 Å². The van der Waals surface area contributed by atoms with E-state index in [0.717, 1.165) is 17.1 Å². The monoisotopic (exact) mass is 675 g/mol. The third kappa shape index (κ3) is 6.53. The van der Waals surface area contributed by atoms with Gasteiger partial charge in [0.2, 0.25) is 0 Å². The lowest BCUT2D eigenvalue weighted by atomic mass is 9.90. The number of hydrogen-bond donors (Lipinski definition) is 0. The van der Waals surface area contributed by atoms with Crippen LogP contribution in [0, 0.1) is 0 Å². The first-order valence-corrected chi connectivity index (χ1v) is 18.2. The highest BCUT2D eigenvalue weighted by Gasteiger charge is 2.18. The maximum absolute atomic E-state index is 2.37. The quantitative estimate of drug-likeness (QED) is 0.155. The molecule has 9 aromatic carbocycles. The lowest BCUT2D eigenvalue weighted by Gasteiger charge is -2.28. The van der Waals surface area contributed by atoms with Crippen LogP contribution in [0.2, 0.25) is 0 Å². The number of anilines is 3. The van der Waals surface area contributed by atoms with Gasteiger partial charge in [-0.2, -0.15) is 0 Å². The lowest BCUT2D eigenvalue weighted by molar-refractivity contribution is 1.28. The van der Waals surface area contributed by atoms with Gasteiger partial charge in [-0.05, 0) is 103 Å². The van der Waals surface area contributed by atoms with Crippen molar-refractivity contribution in [3.05, 3.63) is 224 Å². The van der Waals surface area contributed by atoms with Crippen LogP contribution in [0.15, 0.2) is 224 Å². The second-order valence-electron chi connectivity index (χ2n) is 13.4. The summed E-state index contributed by atoms with van der Waals surface area (Å²) < 4.78 is 0. The molecule has 0 fully saturated rings. The Morgan fingerprint density at radius 2 is 0.679 bits per heavy atom. The summed E-state index contributed by atoms with van der Waals surface area (Å²) >= 11 is 0. The number of para-hydroxylation sites is 1. The Hall–Kier alpha value is -6.96. The van der Waals surface area contributed by atoms with Crippen LogP contribution in [0.1, 0.15) is 0 Å². The second kappa shape index (κ2) is 14.3. The van der Waals surface area contributed by atoms with E-state index in [1.165, 1.54) is 66.4 Å². The molecule has 9 aromatic rings. The fourth-order valence-electron chi connectivity index (χ4n) is 7.38. The zero-order valence-corrected chi connectivity index (χ0v) is 29.3. The lowest BCUT2D eigenvalue weighted by Crippen LogP contribution is -2.11. The summed E-state index contributed by atoms with van der Waals surface area (Å²) in [5, 5.41) is 2.50. The predicted molar refractivity (Wildman–Crippen MR) is 226 cm³/mol. The van der Waals surface area contributed by atoms with Crippen molar-refractivity contribution >= 4 is 27.8 Å². The number of benzene rings is 9. The minimum atomic E-state index is 1.10. The molecule has 0 N–H and O–H groups in total. The van der Waals surface area contributed by atoms with Gasteiger partial charge in [0.25, 0.3) is 0 Å². The molecule has 1 nitrogen and oxygen atoms in total. The van der Waals surface area contributed by atoms with E-state index in [-0.39, 0.29) is 0 Å². The summed E-state index contributed by atoms with van der Waals surface area (Å²) in [6, 6.07) is 80.8. The van der Waals surface area contributed by atoms with Crippen molar-refractivity contribution < 1.29 is 0 Å². The van der Waals surface area contributed by atoms with Crippen molar-refractivity contribution in [3.63, 3.8) is 0 Å². The van der Waals surface area contributed by atoms with Gasteiger partial charge < -0.3 is 4.90 Å². The highest BCUT2D eigenvalue weighted by Crippen LogP contribution is 2.42. The number of rotatable bonds is 8. The average molecular weight is 676 g/mol. The summed E-state index contributed by atoms with van der Waals surface area (Å²) in [5.41, 5.74) is 15.3. The van der Waals surface area contributed by atoms with Crippen molar-refractivity contribution in [2.45, 2.75) is 0 Å². The first-order valence-electron chi connectivity index (χ1n) is 18.2. The number of fused-ring (bicyclic) bond motifs is 1. The van der Waals surface area contributed by atoms with Gasteiger partial charge in [0.05, 0.1) is 5.69 Å². The topological polar surface area (TPSA) is 3.24 Å². The van der Waals surface area contributed by atoms with Crippen molar-refractivity contribution in [1.82, 2.24) is 0 Å². The molecule has 0 bridgehead atoms. The summed E-state index contributed by atoms with van der Waals surface area (Å²) in [6.45, 7) is 0. The second-order valence-corrected chi connectivity index (χ2v) is 13.4. The summed E-state index contributed by atoms with van der Waals surface area (Å²) in [4.78, 5) is 2.37. The fourth-order valence-corrected chi connectivity index (χ4v) is 7.38. The van der Waals surface area contributed by atoms with Crippen LogP contribution in [0.25, 0.3) is 66.4 Å². The Balaban J connectivity index is 1.13. The highest BCUT2D eigenvalue weighted by molar-refractivity contribution is 5.93. The zero-order valence-electron chi connectivity index (χ0n) is 29.3. The van der Waals surface area contributed by atoms with Crippen LogP contribution in [0.3, 0.4) is 0 Å². The molecular formula is C52H37N. The third-order valence-electron chi connectivity index (χ3n) is 10.1. The Labute approximate surface area is 311 Å². The average Bonchev–Trinajstić information content (AvgIpc) is 3.25. The Morgan fingerprint density at radius 1 is 0.226 bits per heavy atom. The Bertz CT molecular complexity index is 2630. The Morgan fingerprint density at radius 3 is 1.32 bits per heavy atom. The predicted octanol–water partition coefficient (Wildman–Crippen LogP) is 14.6. The van der Waals surface area contributed by atoms with Crippen LogP contribution < -0.4 is 4.90 Å². The molecule has 0 aliphatic carbocycles. The molecule has 0 heterocycles. The van der Waals surface area contributed by atoms with Crippen molar-refractivity contribution in [2.24, 2.45) is 0 Å². The minimum absolute atomic E-state index is 1.10. The molecule has 0 atom stereocenters. The number of hydrogen-bond acceptors (Lipinski definition) is 1. The molecule has 0 aromatic heterocycles. The minimum Gasteiger partial charge on any atom is -0.310 e. The van der Waals surface area contributed by atoms with Crippen molar-refractivity contribution in [3.8, 4) is 55.6 Å². The van der Waals surface area contributed by atoms with Gasteiger partial charge in [-0.3, -0.25) is 0 Å². The van der Waals surface area contributed by atoms with Crippen LogP contribution in [0.4, 0.5) is 17.1 Å². The molecule has 250 valence electrons. The van der Waals surface area contributed by atoms with Crippen molar-refractivity contribution in [2.75, 3.05) is 4.90 Å². The van der Waals surface area contributed by atoms with Gasteiger partial charge in [-0.15, -0.1) is 0 Å². The summed E-state index contributed by atoms with van der Waals surface area (Å²) in [6.07, 6.45) is 0. The van der Waals surface area contributed by atoms with Gasteiger partial charge in [-0.25, -0.2) is 0 Å². The SMILES string of the molecule is c1ccc(-c2ccc(N(c3ccc(-c4ccc(-c5ccc6ccccc6c5)c(-c5ccccc5)c4)cc3)c3ccccc3-c3ccccc3)cc2)cc1. The van der Waals surface area contributed by atoms with E-state index in [0.29, 0.717) is 0 Å². The molecule has 1 heteroatoms. The summed E-state index contributed by atoms with van der Waals surface area (Å²) in [7, 11) is 0. The Kier molecular flexibility index (Phi) is 8.66. The zero-order chi connectivity index (χ0) is 35.4. The van der Waals surface area contributed by atoms with Gasteiger partial charge >= 0.3 is 0 Å². The highest BCUT2D eigenvalue weighted by atomic mass is 15.1. The maximum atomic E-state index is 2.37. The molecule has 9 rings (SSSR count). The number of nitrogens with zero attached hydrogens (tertiary/aromatic N) is 1. The molecule has 0 unspecified atom stereocenters. The fraction of sp³-hybridized carbons (Fsp3) is 0. The molecule has 0 saturated heterocycles. The van der Waals surface area contributed by atoms with Crippen LogP contribution in [-0.2, 0) is 0 Å². The van der Waals surface area contributed by atoms with E-state index in [2.05, 4.69) is 229 Å². The molecular weight excluding hydrogens is 639 g/mol. The van der Waals surface area contributed by atoms with Gasteiger partial charge in [0.1, 0.15) is 0 Å². The van der Waals surface area contributed by atoms with E-state index in [4.69, 9.17) is 0 Å². The molecule has 0 saturated carbocycles. The standard InChI is InChI=1S/C52H37N/c1-4-14-38(15-5-1)40-26-31-47(32-27-40)53(52-23-13-12-22-50(52)42-17-6-2-7-18-42)48-33-28-41(29-34-48)45-30-35-49(51(37-45)43-19-8-3-9-20-43)46-25-24-39-16-10-11-21-44(39)36-46/h1-37H. The van der Waals surface area contributed by atoms with E-state index in [1.807, 2.05) is 0 Å². The molecule has 0 amide bonds. The normalized spacial score (nSPS) is 11.0. The van der Waals surface area contributed by atoms with Crippen LogP contribution in [0.5, 0.6) is 0 Å². The van der Waals surface area contributed by atoms with Crippen molar-refractivity contribution in [1.29, 1.82) is 0 Å².